The number of ether oxygens (including phenoxy) is 1. The number of nitrogens with one attached hydrogen (secondary N) is 1. The molecule has 2 aromatic rings. The summed E-state index contributed by atoms with van der Waals surface area (Å²) in [6.45, 7) is 10.4. The molecule has 1 aliphatic rings. The molecule has 20 heavy (non-hydrogen) atoms. The van der Waals surface area contributed by atoms with Crippen molar-refractivity contribution in [3.05, 3.63) is 18.1 Å². The Morgan fingerprint density at radius 1 is 1.35 bits per heavy atom. The van der Waals surface area contributed by atoms with Crippen LogP contribution >= 0.6 is 0 Å². The maximum Gasteiger partial charge on any atom is 0.254 e. The van der Waals surface area contributed by atoms with Crippen molar-refractivity contribution in [1.82, 2.24) is 19.6 Å². The van der Waals surface area contributed by atoms with E-state index in [0.29, 0.717) is 5.78 Å². The Morgan fingerprint density at radius 3 is 2.75 bits per heavy atom. The summed E-state index contributed by atoms with van der Waals surface area (Å²) in [5.41, 5.74) is 0.571. The van der Waals surface area contributed by atoms with Gasteiger partial charge in [0, 0.05) is 11.8 Å². The topological polar surface area (TPSA) is 64.3 Å². The van der Waals surface area contributed by atoms with Crippen LogP contribution in [0.15, 0.2) is 12.4 Å². The van der Waals surface area contributed by atoms with E-state index in [9.17, 15) is 0 Å². The van der Waals surface area contributed by atoms with Crippen LogP contribution in [-0.4, -0.2) is 36.8 Å². The fourth-order valence-corrected chi connectivity index (χ4v) is 3.00. The first-order chi connectivity index (χ1) is 9.27. The predicted octanol–water partition coefficient (Wildman–Crippen LogP) is 2.19. The minimum absolute atomic E-state index is 0.120. The Balaban J connectivity index is 1.95. The first kappa shape index (κ1) is 13.3. The van der Waals surface area contributed by atoms with E-state index in [2.05, 4.69) is 48.1 Å². The van der Waals surface area contributed by atoms with E-state index in [1.165, 1.54) is 6.33 Å². The molecule has 3 heterocycles. The Hall–Kier alpha value is -1.69. The van der Waals surface area contributed by atoms with Crippen LogP contribution in [0.5, 0.6) is 0 Å². The SMILES string of the molecule is Cc1cc(NC2CC(C)(C)OC2(C)C)n2ncnc2n1. The lowest BCUT2D eigenvalue weighted by molar-refractivity contribution is -0.0662. The highest BCUT2D eigenvalue weighted by atomic mass is 16.5. The summed E-state index contributed by atoms with van der Waals surface area (Å²) in [6.07, 6.45) is 2.46. The molecule has 0 bridgehead atoms. The van der Waals surface area contributed by atoms with Gasteiger partial charge in [-0.1, -0.05) is 0 Å². The molecule has 0 radical (unpaired) electrons. The van der Waals surface area contributed by atoms with E-state index in [1.54, 1.807) is 4.52 Å². The first-order valence-corrected chi connectivity index (χ1v) is 6.91. The van der Waals surface area contributed by atoms with Crippen molar-refractivity contribution in [2.75, 3.05) is 5.32 Å². The normalized spacial score (nSPS) is 24.1. The molecular weight excluding hydrogens is 254 g/mol. The van der Waals surface area contributed by atoms with E-state index in [1.807, 2.05) is 13.0 Å². The zero-order valence-corrected chi connectivity index (χ0v) is 12.6. The largest absolute Gasteiger partial charge is 0.367 e. The number of nitrogens with zero attached hydrogens (tertiary/aromatic N) is 4. The summed E-state index contributed by atoms with van der Waals surface area (Å²) in [5, 5.41) is 7.78. The second-order valence-corrected chi connectivity index (χ2v) is 6.62. The molecule has 6 nitrogen and oxygen atoms in total. The molecule has 1 N–H and O–H groups in total. The van der Waals surface area contributed by atoms with Crippen LogP contribution in [0.3, 0.4) is 0 Å². The van der Waals surface area contributed by atoms with Gasteiger partial charge in [0.2, 0.25) is 0 Å². The number of anilines is 1. The summed E-state index contributed by atoms with van der Waals surface area (Å²) in [6, 6.07) is 2.20. The zero-order valence-electron chi connectivity index (χ0n) is 12.6. The molecular formula is C14H21N5O. The third-order valence-electron chi connectivity index (χ3n) is 3.78. The summed E-state index contributed by atoms with van der Waals surface area (Å²) in [7, 11) is 0. The fourth-order valence-electron chi connectivity index (χ4n) is 3.00. The van der Waals surface area contributed by atoms with Crippen molar-refractivity contribution in [2.45, 2.75) is 58.3 Å². The Bertz CT molecular complexity index is 646. The van der Waals surface area contributed by atoms with Gasteiger partial charge in [0.25, 0.3) is 5.78 Å². The van der Waals surface area contributed by atoms with Crippen LogP contribution < -0.4 is 5.32 Å². The molecule has 1 fully saturated rings. The summed E-state index contributed by atoms with van der Waals surface area (Å²) < 4.78 is 7.85. The average Bonchev–Trinajstić information content (AvgIpc) is 2.80. The molecule has 1 unspecified atom stereocenters. The molecule has 2 aromatic heterocycles. The van der Waals surface area contributed by atoms with Gasteiger partial charge in [-0.05, 0) is 41.0 Å². The third kappa shape index (κ3) is 2.24. The third-order valence-corrected chi connectivity index (χ3v) is 3.78. The maximum atomic E-state index is 6.12. The number of aromatic nitrogens is 4. The van der Waals surface area contributed by atoms with Crippen LogP contribution in [0.25, 0.3) is 5.78 Å². The zero-order chi connectivity index (χ0) is 14.5. The molecule has 1 atom stereocenters. The van der Waals surface area contributed by atoms with E-state index >= 15 is 0 Å². The first-order valence-electron chi connectivity index (χ1n) is 6.91. The number of fused-ring (bicyclic) bond motifs is 1. The maximum absolute atomic E-state index is 6.12. The van der Waals surface area contributed by atoms with Gasteiger partial charge in [-0.25, -0.2) is 4.98 Å². The van der Waals surface area contributed by atoms with E-state index in [0.717, 1.165) is 17.9 Å². The summed E-state index contributed by atoms with van der Waals surface area (Å²) in [4.78, 5) is 8.50. The highest BCUT2D eigenvalue weighted by Crippen LogP contribution is 2.38. The number of hydrogen-bond acceptors (Lipinski definition) is 5. The van der Waals surface area contributed by atoms with Crippen molar-refractivity contribution in [2.24, 2.45) is 0 Å². The lowest BCUT2D eigenvalue weighted by Crippen LogP contribution is -2.38. The highest BCUT2D eigenvalue weighted by Gasteiger charge is 2.46. The van der Waals surface area contributed by atoms with Crippen molar-refractivity contribution in [3.63, 3.8) is 0 Å². The van der Waals surface area contributed by atoms with Gasteiger partial charge in [-0.15, -0.1) is 0 Å². The molecule has 3 rings (SSSR count). The van der Waals surface area contributed by atoms with Crippen LogP contribution in [-0.2, 0) is 4.74 Å². The summed E-state index contributed by atoms with van der Waals surface area (Å²) in [5.74, 6) is 1.52. The van der Waals surface area contributed by atoms with Crippen LogP contribution in [0.2, 0.25) is 0 Å². The molecule has 1 saturated heterocycles. The smallest absolute Gasteiger partial charge is 0.254 e. The van der Waals surface area contributed by atoms with Crippen LogP contribution in [0.1, 0.15) is 39.8 Å². The number of aryl methyl sites for hydroxylation is 1. The van der Waals surface area contributed by atoms with Gasteiger partial charge in [0.05, 0.1) is 17.2 Å². The molecule has 0 aliphatic carbocycles. The van der Waals surface area contributed by atoms with Gasteiger partial charge >= 0.3 is 0 Å². The minimum Gasteiger partial charge on any atom is -0.367 e. The average molecular weight is 275 g/mol. The lowest BCUT2D eigenvalue weighted by atomic mass is 9.94. The van der Waals surface area contributed by atoms with Crippen molar-refractivity contribution in [1.29, 1.82) is 0 Å². The van der Waals surface area contributed by atoms with E-state index in [4.69, 9.17) is 4.74 Å². The molecule has 1 aliphatic heterocycles. The van der Waals surface area contributed by atoms with Crippen molar-refractivity contribution < 1.29 is 4.74 Å². The van der Waals surface area contributed by atoms with Crippen LogP contribution in [0, 0.1) is 6.92 Å². The lowest BCUT2D eigenvalue weighted by Gasteiger charge is -2.28. The van der Waals surface area contributed by atoms with Gasteiger partial charge < -0.3 is 10.1 Å². The van der Waals surface area contributed by atoms with Crippen molar-refractivity contribution in [3.8, 4) is 0 Å². The molecule has 0 spiro atoms. The fraction of sp³-hybridized carbons (Fsp3) is 0.643. The van der Waals surface area contributed by atoms with Crippen LogP contribution in [0.4, 0.5) is 5.82 Å². The Kier molecular flexibility index (Phi) is 2.76. The number of hydrogen-bond donors (Lipinski definition) is 1. The quantitative estimate of drug-likeness (QED) is 0.910. The second kappa shape index (κ2) is 4.15. The monoisotopic (exact) mass is 275 g/mol. The van der Waals surface area contributed by atoms with E-state index < -0.39 is 0 Å². The van der Waals surface area contributed by atoms with E-state index in [-0.39, 0.29) is 17.2 Å². The molecule has 0 amide bonds. The van der Waals surface area contributed by atoms with Gasteiger partial charge in [0.15, 0.2) is 0 Å². The predicted molar refractivity (Wildman–Crippen MR) is 76.8 cm³/mol. The molecule has 108 valence electrons. The Labute approximate surface area is 118 Å². The highest BCUT2D eigenvalue weighted by molar-refractivity contribution is 5.46. The van der Waals surface area contributed by atoms with Crippen molar-refractivity contribution >= 4 is 11.6 Å². The second-order valence-electron chi connectivity index (χ2n) is 6.62. The standard InChI is InChI=1S/C14H21N5O/c1-9-6-11(19-12(17-9)15-8-16-19)18-10-7-13(2,3)20-14(10,4)5/h6,8,10,18H,7H2,1-5H3. The molecule has 0 aromatic carbocycles. The van der Waals surface area contributed by atoms with Gasteiger partial charge in [-0.2, -0.15) is 14.6 Å². The molecule has 6 heteroatoms. The number of rotatable bonds is 2. The van der Waals surface area contributed by atoms with Gasteiger partial charge in [0.1, 0.15) is 12.1 Å². The van der Waals surface area contributed by atoms with Gasteiger partial charge in [-0.3, -0.25) is 0 Å². The Morgan fingerprint density at radius 2 is 2.10 bits per heavy atom. The summed E-state index contributed by atoms with van der Waals surface area (Å²) >= 11 is 0. The molecule has 0 saturated carbocycles. The minimum atomic E-state index is -0.229.